The summed E-state index contributed by atoms with van der Waals surface area (Å²) in [6, 6.07) is 14.1. The van der Waals surface area contributed by atoms with Gasteiger partial charge in [0.25, 0.3) is 0 Å². The zero-order valence-corrected chi connectivity index (χ0v) is 8.50. The van der Waals surface area contributed by atoms with Crippen LogP contribution in [0, 0.1) is 0 Å². The molecule has 14 heavy (non-hydrogen) atoms. The third-order valence-corrected chi connectivity index (χ3v) is 2.33. The summed E-state index contributed by atoms with van der Waals surface area (Å²) in [5.41, 5.74) is 1.02. The van der Waals surface area contributed by atoms with Crippen LogP contribution in [0.15, 0.2) is 42.5 Å². The molecule has 0 aliphatic rings. The van der Waals surface area contributed by atoms with E-state index in [4.69, 9.17) is 0 Å². The zero-order chi connectivity index (χ0) is 9.97. The molecule has 0 amide bonds. The van der Waals surface area contributed by atoms with Crippen LogP contribution in [-0.2, 0) is 11.2 Å². The van der Waals surface area contributed by atoms with Gasteiger partial charge in [0.2, 0.25) is 0 Å². The fraction of sp³-hybridized carbons (Fsp3) is 0.0833. The Morgan fingerprint density at radius 3 is 2.50 bits per heavy atom. The second-order valence-electron chi connectivity index (χ2n) is 3.25. The van der Waals surface area contributed by atoms with Crippen LogP contribution in [0.2, 0.25) is 0 Å². The molecular formula is C12H10OS. The Morgan fingerprint density at radius 2 is 1.79 bits per heavy atom. The van der Waals surface area contributed by atoms with Crippen LogP contribution in [0.5, 0.6) is 0 Å². The monoisotopic (exact) mass is 202 g/mol. The van der Waals surface area contributed by atoms with Gasteiger partial charge in [-0.15, -0.1) is 12.6 Å². The van der Waals surface area contributed by atoms with Crippen LogP contribution in [0.4, 0.5) is 0 Å². The van der Waals surface area contributed by atoms with Gasteiger partial charge in [-0.1, -0.05) is 42.5 Å². The SMILES string of the molecule is O=C(S)Cc1ccc2ccccc2c1. The minimum atomic E-state index is -0.0970. The summed E-state index contributed by atoms with van der Waals surface area (Å²) < 4.78 is 0. The molecule has 0 unspecified atom stereocenters. The molecule has 1 nitrogen and oxygen atoms in total. The maximum Gasteiger partial charge on any atom is 0.190 e. The quantitative estimate of drug-likeness (QED) is 0.741. The summed E-state index contributed by atoms with van der Waals surface area (Å²) in [4.78, 5) is 10.8. The molecule has 0 bridgehead atoms. The van der Waals surface area contributed by atoms with Crippen molar-refractivity contribution in [3.8, 4) is 0 Å². The molecule has 2 rings (SSSR count). The highest BCUT2D eigenvalue weighted by molar-refractivity contribution is 7.96. The molecule has 0 radical (unpaired) electrons. The van der Waals surface area contributed by atoms with Crippen LogP contribution < -0.4 is 0 Å². The topological polar surface area (TPSA) is 17.1 Å². The van der Waals surface area contributed by atoms with Gasteiger partial charge in [0.1, 0.15) is 0 Å². The predicted octanol–water partition coefficient (Wildman–Crippen LogP) is 2.84. The highest BCUT2D eigenvalue weighted by Gasteiger charge is 1.99. The second-order valence-corrected chi connectivity index (χ2v) is 3.75. The largest absolute Gasteiger partial charge is 0.287 e. The Balaban J connectivity index is 2.46. The van der Waals surface area contributed by atoms with Crippen molar-refractivity contribution in [1.82, 2.24) is 0 Å². The molecule has 0 aromatic heterocycles. The van der Waals surface area contributed by atoms with Crippen molar-refractivity contribution in [3.05, 3.63) is 48.0 Å². The number of hydrogen-bond donors (Lipinski definition) is 1. The van der Waals surface area contributed by atoms with Crippen LogP contribution in [0.1, 0.15) is 5.56 Å². The van der Waals surface area contributed by atoms with Gasteiger partial charge in [-0.25, -0.2) is 0 Å². The Kier molecular flexibility index (Phi) is 2.55. The molecule has 0 aliphatic carbocycles. The van der Waals surface area contributed by atoms with E-state index in [0.717, 1.165) is 5.56 Å². The highest BCUT2D eigenvalue weighted by Crippen LogP contribution is 2.16. The van der Waals surface area contributed by atoms with E-state index in [1.807, 2.05) is 36.4 Å². The zero-order valence-electron chi connectivity index (χ0n) is 7.60. The molecule has 2 aromatic carbocycles. The molecule has 0 N–H and O–H groups in total. The Morgan fingerprint density at radius 1 is 1.07 bits per heavy atom. The maximum atomic E-state index is 10.8. The standard InChI is InChI=1S/C12H10OS/c13-12(14)8-9-5-6-10-3-1-2-4-11(10)7-9/h1-7H,8H2,(H,13,14). The molecule has 2 heteroatoms. The molecule has 70 valence electrons. The normalized spacial score (nSPS) is 10.4. The lowest BCUT2D eigenvalue weighted by atomic mass is 10.1. The van der Waals surface area contributed by atoms with Gasteiger partial charge >= 0.3 is 0 Å². The maximum absolute atomic E-state index is 10.8. The lowest BCUT2D eigenvalue weighted by Gasteiger charge is -2.00. The lowest BCUT2D eigenvalue weighted by Crippen LogP contribution is -1.92. The lowest BCUT2D eigenvalue weighted by molar-refractivity contribution is -0.110. The van der Waals surface area contributed by atoms with Crippen LogP contribution in [-0.4, -0.2) is 5.12 Å². The molecule has 0 spiro atoms. The van der Waals surface area contributed by atoms with E-state index in [-0.39, 0.29) is 5.12 Å². The Bertz CT molecular complexity index is 476. The summed E-state index contributed by atoms with van der Waals surface area (Å²) in [5, 5.41) is 2.27. The van der Waals surface area contributed by atoms with E-state index in [0.29, 0.717) is 6.42 Å². The molecule has 0 saturated carbocycles. The first-order valence-corrected chi connectivity index (χ1v) is 4.90. The molecule has 0 saturated heterocycles. The van der Waals surface area contributed by atoms with Gasteiger partial charge in [0, 0.05) is 6.42 Å². The number of benzene rings is 2. The van der Waals surface area contributed by atoms with Gasteiger partial charge in [-0.05, 0) is 16.3 Å². The first kappa shape index (κ1) is 9.28. The van der Waals surface area contributed by atoms with E-state index in [2.05, 4.69) is 18.7 Å². The van der Waals surface area contributed by atoms with E-state index in [9.17, 15) is 4.79 Å². The van der Waals surface area contributed by atoms with Gasteiger partial charge in [0.15, 0.2) is 5.12 Å². The first-order valence-electron chi connectivity index (χ1n) is 4.45. The van der Waals surface area contributed by atoms with E-state index >= 15 is 0 Å². The van der Waals surface area contributed by atoms with E-state index in [1.54, 1.807) is 0 Å². The van der Waals surface area contributed by atoms with Gasteiger partial charge in [-0.2, -0.15) is 0 Å². The third-order valence-electron chi connectivity index (χ3n) is 2.17. The number of fused-ring (bicyclic) bond motifs is 1. The Hall–Kier alpha value is -1.28. The first-order chi connectivity index (χ1) is 6.75. The number of hydrogen-bond acceptors (Lipinski definition) is 1. The van der Waals surface area contributed by atoms with Gasteiger partial charge in [0.05, 0.1) is 0 Å². The number of carbonyl (C=O) groups is 1. The minimum Gasteiger partial charge on any atom is -0.287 e. The molecule has 0 atom stereocenters. The summed E-state index contributed by atoms with van der Waals surface area (Å²) in [6.45, 7) is 0. The summed E-state index contributed by atoms with van der Waals surface area (Å²) in [7, 11) is 0. The Labute approximate surface area is 88.2 Å². The van der Waals surface area contributed by atoms with Crippen LogP contribution >= 0.6 is 12.6 Å². The molecule has 0 aliphatic heterocycles. The van der Waals surface area contributed by atoms with Crippen molar-refractivity contribution in [2.45, 2.75) is 6.42 Å². The van der Waals surface area contributed by atoms with E-state index in [1.165, 1.54) is 10.8 Å². The van der Waals surface area contributed by atoms with Crippen LogP contribution in [0.25, 0.3) is 10.8 Å². The van der Waals surface area contributed by atoms with Crippen molar-refractivity contribution in [3.63, 3.8) is 0 Å². The number of rotatable bonds is 2. The smallest absolute Gasteiger partial charge is 0.190 e. The number of thiol groups is 1. The van der Waals surface area contributed by atoms with Crippen molar-refractivity contribution in [2.75, 3.05) is 0 Å². The molecule has 2 aromatic rings. The highest BCUT2D eigenvalue weighted by atomic mass is 32.1. The molecule has 0 heterocycles. The third kappa shape index (κ3) is 1.96. The van der Waals surface area contributed by atoms with Gasteiger partial charge < -0.3 is 0 Å². The van der Waals surface area contributed by atoms with Crippen molar-refractivity contribution < 1.29 is 4.79 Å². The van der Waals surface area contributed by atoms with Crippen molar-refractivity contribution in [1.29, 1.82) is 0 Å². The predicted molar refractivity (Wildman–Crippen MR) is 61.6 cm³/mol. The molecule has 0 fully saturated rings. The average Bonchev–Trinajstić information content (AvgIpc) is 2.17. The summed E-state index contributed by atoms with van der Waals surface area (Å²) in [5.74, 6) is 0. The second kappa shape index (κ2) is 3.84. The molecular weight excluding hydrogens is 192 g/mol. The van der Waals surface area contributed by atoms with Crippen LogP contribution in [0.3, 0.4) is 0 Å². The summed E-state index contributed by atoms with van der Waals surface area (Å²) in [6.07, 6.45) is 0.397. The van der Waals surface area contributed by atoms with Gasteiger partial charge in [-0.3, -0.25) is 4.79 Å². The average molecular weight is 202 g/mol. The van der Waals surface area contributed by atoms with Crippen molar-refractivity contribution in [2.24, 2.45) is 0 Å². The van der Waals surface area contributed by atoms with E-state index < -0.39 is 0 Å². The summed E-state index contributed by atoms with van der Waals surface area (Å²) >= 11 is 3.76. The fourth-order valence-corrected chi connectivity index (χ4v) is 1.71. The fourth-order valence-electron chi connectivity index (χ4n) is 1.52. The number of carbonyl (C=O) groups excluding carboxylic acids is 1. The van der Waals surface area contributed by atoms with Crippen molar-refractivity contribution >= 4 is 28.5 Å². The minimum absolute atomic E-state index is 0.0970.